The van der Waals surface area contributed by atoms with Gasteiger partial charge in [-0.25, -0.2) is 13.8 Å². The van der Waals surface area contributed by atoms with Crippen molar-refractivity contribution in [2.75, 3.05) is 17.3 Å². The monoisotopic (exact) mass is 377 g/mol. The highest BCUT2D eigenvalue weighted by Crippen LogP contribution is 2.48. The van der Waals surface area contributed by atoms with Crippen LogP contribution in [0.15, 0.2) is 18.3 Å². The number of nitrogens with zero attached hydrogens (tertiary/aromatic N) is 4. The second-order valence-corrected chi connectivity index (χ2v) is 7.72. The van der Waals surface area contributed by atoms with Gasteiger partial charge in [-0.05, 0) is 31.7 Å². The molecule has 0 unspecified atom stereocenters. The van der Waals surface area contributed by atoms with Crippen molar-refractivity contribution in [3.05, 3.63) is 24.0 Å². The molecule has 0 atom stereocenters. The van der Waals surface area contributed by atoms with Crippen molar-refractivity contribution >= 4 is 17.6 Å². The number of halogens is 2. The van der Waals surface area contributed by atoms with Gasteiger partial charge in [0.2, 0.25) is 11.9 Å². The van der Waals surface area contributed by atoms with Gasteiger partial charge in [-0.2, -0.15) is 10.1 Å². The number of H-pyrrole nitrogens is 1. The van der Waals surface area contributed by atoms with Crippen LogP contribution < -0.4 is 16.0 Å². The summed E-state index contributed by atoms with van der Waals surface area (Å²) < 4.78 is 26.1. The Hall–Kier alpha value is -2.29. The lowest BCUT2D eigenvalue weighted by Gasteiger charge is -2.33. The fourth-order valence-electron chi connectivity index (χ4n) is 3.86. The molecule has 146 valence electrons. The fourth-order valence-corrected chi connectivity index (χ4v) is 3.86. The first kappa shape index (κ1) is 18.1. The van der Waals surface area contributed by atoms with Gasteiger partial charge in [-0.1, -0.05) is 0 Å². The van der Waals surface area contributed by atoms with Crippen molar-refractivity contribution in [1.29, 1.82) is 0 Å². The predicted octanol–water partition coefficient (Wildman–Crippen LogP) is 3.16. The maximum absolute atomic E-state index is 13.0. The van der Waals surface area contributed by atoms with Crippen molar-refractivity contribution in [2.45, 2.75) is 62.4 Å². The molecule has 2 aliphatic carbocycles. The lowest BCUT2D eigenvalue weighted by Crippen LogP contribution is -2.39. The Balaban J connectivity index is 1.40. The second-order valence-electron chi connectivity index (χ2n) is 7.72. The fraction of sp³-hybridized carbons (Fsp3) is 0.611. The van der Waals surface area contributed by atoms with Gasteiger partial charge in [0.15, 0.2) is 5.82 Å². The molecule has 9 heteroatoms. The minimum atomic E-state index is -2.54. The summed E-state index contributed by atoms with van der Waals surface area (Å²) in [5.41, 5.74) is 6.72. The number of alkyl halides is 2. The van der Waals surface area contributed by atoms with Gasteiger partial charge >= 0.3 is 0 Å². The van der Waals surface area contributed by atoms with Gasteiger partial charge in [0.1, 0.15) is 5.82 Å². The van der Waals surface area contributed by atoms with Gasteiger partial charge in [0.05, 0.1) is 0 Å². The zero-order valence-corrected chi connectivity index (χ0v) is 15.3. The van der Waals surface area contributed by atoms with Crippen LogP contribution in [0.1, 0.15) is 50.1 Å². The zero-order valence-electron chi connectivity index (χ0n) is 15.3. The first-order valence-electron chi connectivity index (χ1n) is 9.41. The van der Waals surface area contributed by atoms with E-state index in [4.69, 9.17) is 5.73 Å². The third kappa shape index (κ3) is 4.02. The summed E-state index contributed by atoms with van der Waals surface area (Å²) >= 11 is 0. The number of nitrogens with two attached hydrogens (primary N) is 1. The molecule has 0 radical (unpaired) electrons. The van der Waals surface area contributed by atoms with E-state index in [1.165, 1.54) is 0 Å². The van der Waals surface area contributed by atoms with E-state index in [-0.39, 0.29) is 18.8 Å². The highest BCUT2D eigenvalue weighted by molar-refractivity contribution is 5.53. The van der Waals surface area contributed by atoms with Crippen LogP contribution in [-0.4, -0.2) is 45.2 Å². The van der Waals surface area contributed by atoms with Crippen molar-refractivity contribution in [1.82, 2.24) is 20.2 Å². The van der Waals surface area contributed by atoms with E-state index in [0.717, 1.165) is 31.4 Å². The molecular weight excluding hydrogens is 352 g/mol. The summed E-state index contributed by atoms with van der Waals surface area (Å²) in [5.74, 6) is -0.867. The van der Waals surface area contributed by atoms with Gasteiger partial charge in [0, 0.05) is 55.8 Å². The van der Waals surface area contributed by atoms with Crippen LogP contribution in [0.5, 0.6) is 0 Å². The third-order valence-corrected chi connectivity index (χ3v) is 5.63. The van der Waals surface area contributed by atoms with E-state index in [1.807, 2.05) is 7.05 Å². The lowest BCUT2D eigenvalue weighted by atomic mass is 9.79. The van der Waals surface area contributed by atoms with E-state index in [1.54, 1.807) is 18.3 Å². The lowest BCUT2D eigenvalue weighted by molar-refractivity contribution is -0.0876. The Morgan fingerprint density at radius 1 is 1.22 bits per heavy atom. The van der Waals surface area contributed by atoms with Crippen LogP contribution in [0.2, 0.25) is 0 Å². The van der Waals surface area contributed by atoms with Crippen LogP contribution >= 0.6 is 0 Å². The maximum atomic E-state index is 13.0. The molecule has 0 aliphatic heterocycles. The summed E-state index contributed by atoms with van der Waals surface area (Å²) in [4.78, 5) is 11.1. The summed E-state index contributed by atoms with van der Waals surface area (Å²) in [6.07, 6.45) is 5.56. The molecule has 0 aromatic carbocycles. The molecule has 0 saturated heterocycles. The number of anilines is 3. The Morgan fingerprint density at radius 3 is 2.67 bits per heavy atom. The summed E-state index contributed by atoms with van der Waals surface area (Å²) in [5, 5.41) is 10.1. The van der Waals surface area contributed by atoms with Crippen LogP contribution in [0.25, 0.3) is 0 Å². The minimum Gasteiger partial charge on any atom is -0.341 e. The van der Waals surface area contributed by atoms with E-state index >= 15 is 0 Å². The first-order valence-corrected chi connectivity index (χ1v) is 9.41. The highest BCUT2D eigenvalue weighted by Gasteiger charge is 2.46. The number of aromatic nitrogens is 4. The summed E-state index contributed by atoms with van der Waals surface area (Å²) in [7, 11) is 2.00. The molecule has 2 fully saturated rings. The number of aromatic amines is 1. The van der Waals surface area contributed by atoms with E-state index in [0.29, 0.717) is 29.7 Å². The maximum Gasteiger partial charge on any atom is 0.249 e. The molecule has 0 spiro atoms. The highest BCUT2D eigenvalue weighted by atomic mass is 19.3. The van der Waals surface area contributed by atoms with E-state index < -0.39 is 5.92 Å². The number of hydrogen-bond donors (Lipinski definition) is 3. The van der Waals surface area contributed by atoms with Gasteiger partial charge < -0.3 is 16.0 Å². The van der Waals surface area contributed by atoms with Gasteiger partial charge in [0.25, 0.3) is 0 Å². The third-order valence-electron chi connectivity index (χ3n) is 5.63. The molecule has 2 heterocycles. The normalized spacial score (nSPS) is 25.0. The Bertz CT molecular complexity index is 778. The Kier molecular flexibility index (Phi) is 4.71. The molecule has 7 nitrogen and oxygen atoms in total. The Labute approximate surface area is 156 Å². The van der Waals surface area contributed by atoms with Crippen LogP contribution in [0.3, 0.4) is 0 Å². The van der Waals surface area contributed by atoms with Crippen molar-refractivity contribution in [2.24, 2.45) is 5.73 Å². The van der Waals surface area contributed by atoms with Crippen molar-refractivity contribution in [3.63, 3.8) is 0 Å². The first-order chi connectivity index (χ1) is 12.9. The predicted molar refractivity (Wildman–Crippen MR) is 99.5 cm³/mol. The molecule has 2 aliphatic rings. The number of rotatable bonds is 5. The molecule has 27 heavy (non-hydrogen) atoms. The average Bonchev–Trinajstić information content (AvgIpc) is 3.08. The molecule has 2 aromatic rings. The SMILES string of the molecule is CN(c1nccc(Nc2cc(C3CC(F)(F)C3)[nH]n2)n1)C1CCC(N)CC1. The standard InChI is InChI=1S/C18H25F2N7/c1-27(13-4-2-12(21)3-5-13)17-22-7-6-15(24-17)23-16-8-14(25-26-16)11-9-18(19,20)10-11/h6-8,11-13H,2-5,9-10,21H2,1H3,(H2,22,23,24,25,26). The molecule has 4 N–H and O–H groups in total. The van der Waals surface area contributed by atoms with Gasteiger partial charge in [-0.3, -0.25) is 5.10 Å². The van der Waals surface area contributed by atoms with Gasteiger partial charge in [-0.15, -0.1) is 0 Å². The topological polar surface area (TPSA) is 95.8 Å². The quantitative estimate of drug-likeness (QED) is 0.741. The van der Waals surface area contributed by atoms with Crippen molar-refractivity contribution < 1.29 is 8.78 Å². The second kappa shape index (κ2) is 7.03. The van der Waals surface area contributed by atoms with Crippen molar-refractivity contribution in [3.8, 4) is 0 Å². The largest absolute Gasteiger partial charge is 0.341 e. The zero-order chi connectivity index (χ0) is 19.0. The Morgan fingerprint density at radius 2 is 1.96 bits per heavy atom. The minimum absolute atomic E-state index is 0.123. The molecule has 4 rings (SSSR count). The van der Waals surface area contributed by atoms with Crippen LogP contribution in [0, 0.1) is 0 Å². The van der Waals surface area contributed by atoms with E-state index in [2.05, 4.69) is 30.4 Å². The van der Waals surface area contributed by atoms with Crippen LogP contribution in [-0.2, 0) is 0 Å². The average molecular weight is 377 g/mol. The molecular formula is C18H25F2N7. The molecule has 0 amide bonds. The van der Waals surface area contributed by atoms with Crippen LogP contribution in [0.4, 0.5) is 26.4 Å². The summed E-state index contributed by atoms with van der Waals surface area (Å²) in [6, 6.07) is 4.22. The molecule has 2 aromatic heterocycles. The number of hydrogen-bond acceptors (Lipinski definition) is 6. The van der Waals surface area contributed by atoms with E-state index in [9.17, 15) is 8.78 Å². The number of nitrogens with one attached hydrogen (secondary N) is 2. The molecule has 0 bridgehead atoms. The molecule has 2 saturated carbocycles. The smallest absolute Gasteiger partial charge is 0.249 e. The summed E-state index contributed by atoms with van der Waals surface area (Å²) in [6.45, 7) is 0.